The quantitative estimate of drug-likeness (QED) is 0.499. The van der Waals surface area contributed by atoms with Gasteiger partial charge < -0.3 is 5.32 Å². The minimum atomic E-state index is -0.667. The van der Waals surface area contributed by atoms with Gasteiger partial charge in [0.15, 0.2) is 5.82 Å². The molecule has 4 aromatic rings. The number of nitrogens with zero attached hydrogens (tertiary/aromatic N) is 3. The molecule has 0 fully saturated rings. The number of halogens is 1. The van der Waals surface area contributed by atoms with Gasteiger partial charge in [-0.2, -0.15) is 0 Å². The van der Waals surface area contributed by atoms with E-state index in [1.807, 2.05) is 0 Å². The van der Waals surface area contributed by atoms with Crippen LogP contribution < -0.4 is 16.6 Å². The molecule has 10 heteroatoms. The molecule has 28 heavy (non-hydrogen) atoms. The van der Waals surface area contributed by atoms with Gasteiger partial charge in [0.1, 0.15) is 6.54 Å². The fraction of sp³-hybridized carbons (Fsp3) is 0.0556. The number of hydrogen-bond donors (Lipinski definition) is 2. The highest BCUT2D eigenvalue weighted by Gasteiger charge is 2.10. The van der Waals surface area contributed by atoms with Crippen molar-refractivity contribution in [2.45, 2.75) is 6.54 Å². The van der Waals surface area contributed by atoms with Gasteiger partial charge >= 0.3 is 5.76 Å². The summed E-state index contributed by atoms with van der Waals surface area (Å²) < 4.78 is 6.47. The summed E-state index contributed by atoms with van der Waals surface area (Å²) >= 11 is 3.32. The first-order valence-electron chi connectivity index (χ1n) is 8.10. The predicted octanol–water partition coefficient (Wildman–Crippen LogP) is 2.14. The van der Waals surface area contributed by atoms with Crippen molar-refractivity contribution in [3.63, 3.8) is 0 Å². The van der Waals surface area contributed by atoms with Crippen LogP contribution in [0, 0.1) is 0 Å². The summed E-state index contributed by atoms with van der Waals surface area (Å²) in [6, 6.07) is 11.9. The van der Waals surface area contributed by atoms with Crippen molar-refractivity contribution in [3.8, 4) is 11.4 Å². The smallest absolute Gasteiger partial charge is 0.325 e. The van der Waals surface area contributed by atoms with Crippen LogP contribution in [0.15, 0.2) is 67.4 Å². The Bertz CT molecular complexity index is 1310. The van der Waals surface area contributed by atoms with E-state index in [2.05, 4.69) is 40.9 Å². The molecule has 140 valence electrons. The average molecular weight is 442 g/mol. The molecule has 0 radical (unpaired) electrons. The van der Waals surface area contributed by atoms with Crippen LogP contribution in [-0.2, 0) is 11.3 Å². The molecule has 0 bridgehead atoms. The van der Waals surface area contributed by atoms with Gasteiger partial charge in [-0.05, 0) is 30.3 Å². The molecule has 0 saturated heterocycles. The lowest BCUT2D eigenvalue weighted by atomic mass is 10.2. The Morgan fingerprint density at radius 3 is 2.86 bits per heavy atom. The minimum Gasteiger partial charge on any atom is -0.325 e. The van der Waals surface area contributed by atoms with Crippen molar-refractivity contribution in [1.29, 1.82) is 0 Å². The zero-order valence-corrected chi connectivity index (χ0v) is 15.8. The summed E-state index contributed by atoms with van der Waals surface area (Å²) in [6.07, 6.45) is 1.34. The van der Waals surface area contributed by atoms with Crippen LogP contribution in [0.3, 0.4) is 0 Å². The monoisotopic (exact) mass is 441 g/mol. The molecule has 4 rings (SSSR count). The van der Waals surface area contributed by atoms with Crippen LogP contribution in [0.1, 0.15) is 0 Å². The van der Waals surface area contributed by atoms with E-state index in [4.69, 9.17) is 0 Å². The highest BCUT2D eigenvalue weighted by molar-refractivity contribution is 9.10. The third-order valence-electron chi connectivity index (χ3n) is 3.96. The Kier molecular flexibility index (Phi) is 4.62. The first kappa shape index (κ1) is 17.9. The van der Waals surface area contributed by atoms with Gasteiger partial charge in [-0.15, -0.1) is 0 Å². The van der Waals surface area contributed by atoms with E-state index in [9.17, 15) is 14.4 Å². The zero-order chi connectivity index (χ0) is 19.7. The molecule has 2 N–H and O–H groups in total. The molecule has 0 aliphatic carbocycles. The maximum absolute atomic E-state index is 12.6. The molecule has 0 spiro atoms. The molecule has 0 saturated carbocycles. The highest BCUT2D eigenvalue weighted by atomic mass is 79.9. The molecule has 1 amide bonds. The molecule has 2 aromatic heterocycles. The van der Waals surface area contributed by atoms with Crippen molar-refractivity contribution in [2.24, 2.45) is 0 Å². The van der Waals surface area contributed by atoms with E-state index in [-0.39, 0.29) is 17.9 Å². The van der Waals surface area contributed by atoms with Crippen molar-refractivity contribution in [3.05, 3.63) is 74.2 Å². The number of aromatic amines is 1. The standard InChI is InChI=1S/C18H12BrN5O4/c19-11-4-5-14-13(7-11)17(26)24(9-20-14)8-15(25)21-12-3-1-2-10(6-12)16-22-18(27)28-23-16/h1-7,9H,8H2,(H,21,25)(H,22,23,27). The number of hydrogen-bond acceptors (Lipinski definition) is 6. The lowest BCUT2D eigenvalue weighted by Crippen LogP contribution is -2.27. The minimum absolute atomic E-state index is 0.195. The van der Waals surface area contributed by atoms with Gasteiger partial charge in [0.05, 0.1) is 17.2 Å². The number of rotatable bonds is 4. The lowest BCUT2D eigenvalue weighted by Gasteiger charge is -2.09. The normalized spacial score (nSPS) is 10.9. The van der Waals surface area contributed by atoms with Crippen molar-refractivity contribution in [2.75, 3.05) is 5.32 Å². The van der Waals surface area contributed by atoms with E-state index < -0.39 is 11.7 Å². The molecule has 9 nitrogen and oxygen atoms in total. The lowest BCUT2D eigenvalue weighted by molar-refractivity contribution is -0.116. The van der Waals surface area contributed by atoms with Gasteiger partial charge in [0.2, 0.25) is 5.91 Å². The maximum Gasteiger partial charge on any atom is 0.439 e. The van der Waals surface area contributed by atoms with Crippen LogP contribution in [0.5, 0.6) is 0 Å². The fourth-order valence-corrected chi connectivity index (χ4v) is 3.06. The zero-order valence-electron chi connectivity index (χ0n) is 14.2. The van der Waals surface area contributed by atoms with Gasteiger partial charge in [0, 0.05) is 15.7 Å². The number of carbonyl (C=O) groups excluding carboxylic acids is 1. The second-order valence-corrected chi connectivity index (χ2v) is 6.83. The average Bonchev–Trinajstić information content (AvgIpc) is 3.11. The maximum atomic E-state index is 12.6. The third kappa shape index (κ3) is 3.62. The van der Waals surface area contributed by atoms with Crippen LogP contribution >= 0.6 is 15.9 Å². The molecule has 0 atom stereocenters. The summed E-state index contributed by atoms with van der Waals surface area (Å²) in [5.41, 5.74) is 1.29. The molecule has 0 aliphatic heterocycles. The number of amides is 1. The first-order chi connectivity index (χ1) is 13.5. The SMILES string of the molecule is O=C(Cn1cnc2ccc(Br)cc2c1=O)Nc1cccc(-c2noc(=O)[nH]2)c1. The number of aromatic nitrogens is 4. The number of fused-ring (bicyclic) bond motifs is 1. The molecular formula is C18H12BrN5O4. The Labute approximate surface area is 165 Å². The Morgan fingerprint density at radius 1 is 1.21 bits per heavy atom. The van der Waals surface area contributed by atoms with E-state index in [0.29, 0.717) is 22.2 Å². The summed E-state index contributed by atoms with van der Waals surface area (Å²) in [4.78, 5) is 42.7. The van der Waals surface area contributed by atoms with E-state index in [1.165, 1.54) is 10.9 Å². The number of benzene rings is 2. The topological polar surface area (TPSA) is 123 Å². The summed E-state index contributed by atoms with van der Waals surface area (Å²) in [5, 5.41) is 6.73. The Balaban J connectivity index is 1.55. The van der Waals surface area contributed by atoms with Crippen LogP contribution in [-0.4, -0.2) is 25.6 Å². The summed E-state index contributed by atoms with van der Waals surface area (Å²) in [7, 11) is 0. The van der Waals surface area contributed by atoms with Gasteiger partial charge in [0.25, 0.3) is 5.56 Å². The predicted molar refractivity (Wildman–Crippen MR) is 105 cm³/mol. The Hall–Kier alpha value is -3.53. The first-order valence-corrected chi connectivity index (χ1v) is 8.90. The summed E-state index contributed by atoms with van der Waals surface area (Å²) in [6.45, 7) is -0.195. The van der Waals surface area contributed by atoms with Crippen molar-refractivity contribution < 1.29 is 9.32 Å². The fourth-order valence-electron chi connectivity index (χ4n) is 2.70. The van der Waals surface area contributed by atoms with Gasteiger partial charge in [-0.1, -0.05) is 33.2 Å². The largest absolute Gasteiger partial charge is 0.439 e. The molecular weight excluding hydrogens is 430 g/mol. The molecule has 0 aliphatic rings. The van der Waals surface area contributed by atoms with Gasteiger partial charge in [-0.3, -0.25) is 23.7 Å². The number of carbonyl (C=O) groups is 1. The van der Waals surface area contributed by atoms with Crippen LogP contribution in [0.25, 0.3) is 22.3 Å². The number of anilines is 1. The number of nitrogens with one attached hydrogen (secondary N) is 2. The molecule has 0 unspecified atom stereocenters. The van der Waals surface area contributed by atoms with Crippen molar-refractivity contribution >= 4 is 38.4 Å². The van der Waals surface area contributed by atoms with Crippen molar-refractivity contribution in [1.82, 2.24) is 19.7 Å². The summed E-state index contributed by atoms with van der Waals surface area (Å²) in [5.74, 6) is -0.815. The number of H-pyrrole nitrogens is 1. The second-order valence-electron chi connectivity index (χ2n) is 5.91. The highest BCUT2D eigenvalue weighted by Crippen LogP contribution is 2.18. The Morgan fingerprint density at radius 2 is 2.07 bits per heavy atom. The van der Waals surface area contributed by atoms with E-state index in [1.54, 1.807) is 42.5 Å². The third-order valence-corrected chi connectivity index (χ3v) is 4.45. The van der Waals surface area contributed by atoms with E-state index >= 15 is 0 Å². The second kappa shape index (κ2) is 7.24. The van der Waals surface area contributed by atoms with Gasteiger partial charge in [-0.25, -0.2) is 9.78 Å². The molecule has 2 aromatic carbocycles. The van der Waals surface area contributed by atoms with Crippen LogP contribution in [0.4, 0.5) is 5.69 Å². The van der Waals surface area contributed by atoms with Crippen LogP contribution in [0.2, 0.25) is 0 Å². The molecule has 2 heterocycles. The van der Waals surface area contributed by atoms with E-state index in [0.717, 1.165) is 4.47 Å².